The van der Waals surface area contributed by atoms with Crippen LogP contribution in [0.5, 0.6) is 0 Å². The van der Waals surface area contributed by atoms with Crippen molar-refractivity contribution in [2.75, 3.05) is 31.1 Å². The maximum atomic E-state index is 6.03. The molecule has 3 aromatic rings. The van der Waals surface area contributed by atoms with Crippen LogP contribution in [0, 0.1) is 0 Å². The Bertz CT molecular complexity index is 794. The molecule has 0 amide bonds. The van der Waals surface area contributed by atoms with Crippen LogP contribution in [0.2, 0.25) is 5.02 Å². The quantitative estimate of drug-likeness (QED) is 0.732. The summed E-state index contributed by atoms with van der Waals surface area (Å²) < 4.78 is 5.91. The van der Waals surface area contributed by atoms with Crippen molar-refractivity contribution in [2.24, 2.45) is 0 Å². The van der Waals surface area contributed by atoms with Gasteiger partial charge in [0.15, 0.2) is 0 Å². The van der Waals surface area contributed by atoms with Gasteiger partial charge in [-0.1, -0.05) is 17.7 Å². The molecule has 5 heteroatoms. The summed E-state index contributed by atoms with van der Waals surface area (Å²) in [5.41, 5.74) is 0.900. The summed E-state index contributed by atoms with van der Waals surface area (Å²) in [6.07, 6.45) is 1.85. The normalized spacial score (nSPS) is 16.1. The summed E-state index contributed by atoms with van der Waals surface area (Å²) in [7, 11) is 0. The minimum Gasteiger partial charge on any atom is -0.460 e. The number of hydrogen-bond acceptors (Lipinski definition) is 4. The fourth-order valence-corrected chi connectivity index (χ4v) is 3.22. The maximum Gasteiger partial charge on any atom is 0.134 e. The van der Waals surface area contributed by atoms with Gasteiger partial charge in [-0.15, -0.1) is 0 Å². The second-order valence-electron chi connectivity index (χ2n) is 5.85. The van der Waals surface area contributed by atoms with Crippen molar-refractivity contribution >= 4 is 28.4 Å². The number of halogens is 1. The largest absolute Gasteiger partial charge is 0.460 e. The first-order valence-electron chi connectivity index (χ1n) is 7.84. The summed E-state index contributed by atoms with van der Waals surface area (Å²) >= 11 is 6.03. The van der Waals surface area contributed by atoms with E-state index in [9.17, 15) is 0 Å². The minimum atomic E-state index is 0.744. The molecule has 0 atom stereocenters. The molecule has 1 saturated heterocycles. The van der Waals surface area contributed by atoms with Gasteiger partial charge in [0, 0.05) is 42.8 Å². The number of piperazine rings is 1. The van der Waals surface area contributed by atoms with E-state index in [1.54, 1.807) is 0 Å². The lowest BCUT2D eigenvalue weighted by Crippen LogP contribution is -2.46. The molecule has 0 N–H and O–H groups in total. The molecule has 0 aliphatic carbocycles. The van der Waals surface area contributed by atoms with Gasteiger partial charge >= 0.3 is 0 Å². The molecule has 4 rings (SSSR count). The van der Waals surface area contributed by atoms with Crippen LogP contribution >= 0.6 is 11.6 Å². The summed E-state index contributed by atoms with van der Waals surface area (Å²) in [6, 6.07) is 13.9. The zero-order valence-corrected chi connectivity index (χ0v) is 13.5. The van der Waals surface area contributed by atoms with Crippen LogP contribution in [0.25, 0.3) is 11.0 Å². The predicted molar refractivity (Wildman–Crippen MR) is 93.0 cm³/mol. The molecule has 1 aliphatic rings. The van der Waals surface area contributed by atoms with Gasteiger partial charge in [-0.05, 0) is 36.4 Å². The first-order chi connectivity index (χ1) is 11.3. The van der Waals surface area contributed by atoms with E-state index in [0.717, 1.165) is 60.3 Å². The topological polar surface area (TPSA) is 32.5 Å². The molecule has 1 fully saturated rings. The Labute approximate surface area is 140 Å². The molecule has 0 saturated carbocycles. The van der Waals surface area contributed by atoms with Crippen molar-refractivity contribution in [1.29, 1.82) is 0 Å². The van der Waals surface area contributed by atoms with Crippen molar-refractivity contribution in [3.05, 3.63) is 59.4 Å². The molecule has 118 valence electrons. The van der Waals surface area contributed by atoms with Gasteiger partial charge in [-0.2, -0.15) is 0 Å². The Morgan fingerprint density at radius 1 is 1.04 bits per heavy atom. The van der Waals surface area contributed by atoms with E-state index in [2.05, 4.69) is 26.9 Å². The van der Waals surface area contributed by atoms with E-state index < -0.39 is 0 Å². The third kappa shape index (κ3) is 3.19. The summed E-state index contributed by atoms with van der Waals surface area (Å²) in [5, 5.41) is 1.81. The standard InChI is InChI=1S/C18H18ClN3O/c19-15-4-5-17-14(11-15)12-16(23-17)13-21-7-9-22(10-8-21)18-3-1-2-6-20-18/h1-6,11-12H,7-10,13H2. The van der Waals surface area contributed by atoms with Gasteiger partial charge in [0.1, 0.15) is 17.2 Å². The van der Waals surface area contributed by atoms with Crippen LogP contribution < -0.4 is 4.90 Å². The molecule has 1 aliphatic heterocycles. The molecule has 2 aromatic heterocycles. The molecule has 3 heterocycles. The van der Waals surface area contributed by atoms with E-state index >= 15 is 0 Å². The number of anilines is 1. The van der Waals surface area contributed by atoms with E-state index in [4.69, 9.17) is 16.0 Å². The number of fused-ring (bicyclic) bond motifs is 1. The minimum absolute atomic E-state index is 0.744. The number of rotatable bonds is 3. The predicted octanol–water partition coefficient (Wildman–Crippen LogP) is 3.80. The second-order valence-corrected chi connectivity index (χ2v) is 6.28. The highest BCUT2D eigenvalue weighted by molar-refractivity contribution is 6.31. The third-order valence-corrected chi connectivity index (χ3v) is 4.49. The van der Waals surface area contributed by atoms with E-state index in [1.165, 1.54) is 0 Å². The number of hydrogen-bond donors (Lipinski definition) is 0. The van der Waals surface area contributed by atoms with Crippen LogP contribution in [0.15, 0.2) is 53.1 Å². The molecule has 0 radical (unpaired) electrons. The highest BCUT2D eigenvalue weighted by Crippen LogP contribution is 2.24. The lowest BCUT2D eigenvalue weighted by atomic mass is 10.2. The average Bonchev–Trinajstić information content (AvgIpc) is 2.97. The first-order valence-corrected chi connectivity index (χ1v) is 8.22. The summed E-state index contributed by atoms with van der Waals surface area (Å²) in [5.74, 6) is 2.05. The molecule has 0 unspecified atom stereocenters. The highest BCUT2D eigenvalue weighted by Gasteiger charge is 2.19. The molecular formula is C18H18ClN3O. The van der Waals surface area contributed by atoms with Crippen molar-refractivity contribution in [2.45, 2.75) is 6.54 Å². The Morgan fingerprint density at radius 2 is 1.91 bits per heavy atom. The molecule has 0 spiro atoms. The monoisotopic (exact) mass is 327 g/mol. The van der Waals surface area contributed by atoms with Gasteiger partial charge in [0.2, 0.25) is 0 Å². The third-order valence-electron chi connectivity index (χ3n) is 4.25. The smallest absolute Gasteiger partial charge is 0.134 e. The van der Waals surface area contributed by atoms with E-state index in [-0.39, 0.29) is 0 Å². The van der Waals surface area contributed by atoms with Gasteiger partial charge in [0.05, 0.1) is 6.54 Å². The maximum absolute atomic E-state index is 6.03. The van der Waals surface area contributed by atoms with Crippen LogP contribution in [0.3, 0.4) is 0 Å². The zero-order chi connectivity index (χ0) is 15.6. The molecule has 23 heavy (non-hydrogen) atoms. The number of furan rings is 1. The number of pyridine rings is 1. The number of aromatic nitrogens is 1. The van der Waals surface area contributed by atoms with Crippen LogP contribution in [0.4, 0.5) is 5.82 Å². The van der Waals surface area contributed by atoms with Crippen LogP contribution in [-0.2, 0) is 6.54 Å². The first kappa shape index (κ1) is 14.5. The molecular weight excluding hydrogens is 310 g/mol. The number of benzene rings is 1. The van der Waals surface area contributed by atoms with Crippen molar-refractivity contribution in [1.82, 2.24) is 9.88 Å². The van der Waals surface area contributed by atoms with Gasteiger partial charge in [-0.3, -0.25) is 4.90 Å². The summed E-state index contributed by atoms with van der Waals surface area (Å²) in [6.45, 7) is 4.83. The molecule has 1 aromatic carbocycles. The Hall–Kier alpha value is -2.04. The lowest BCUT2D eigenvalue weighted by molar-refractivity contribution is 0.232. The van der Waals surface area contributed by atoms with E-state index in [0.29, 0.717) is 0 Å². The van der Waals surface area contributed by atoms with Gasteiger partial charge in [0.25, 0.3) is 0 Å². The summed E-state index contributed by atoms with van der Waals surface area (Å²) in [4.78, 5) is 9.17. The zero-order valence-electron chi connectivity index (χ0n) is 12.8. The Balaban J connectivity index is 1.40. The number of nitrogens with zero attached hydrogens (tertiary/aromatic N) is 3. The highest BCUT2D eigenvalue weighted by atomic mass is 35.5. The Kier molecular flexibility index (Phi) is 3.93. The van der Waals surface area contributed by atoms with Gasteiger partial charge in [-0.25, -0.2) is 4.98 Å². The second kappa shape index (κ2) is 6.22. The molecule has 4 nitrogen and oxygen atoms in total. The fraction of sp³-hybridized carbons (Fsp3) is 0.278. The fourth-order valence-electron chi connectivity index (χ4n) is 3.04. The van der Waals surface area contributed by atoms with Crippen molar-refractivity contribution in [3.8, 4) is 0 Å². The Morgan fingerprint density at radius 3 is 2.70 bits per heavy atom. The van der Waals surface area contributed by atoms with E-state index in [1.807, 2.05) is 36.5 Å². The van der Waals surface area contributed by atoms with Crippen LogP contribution in [-0.4, -0.2) is 36.1 Å². The van der Waals surface area contributed by atoms with Crippen LogP contribution in [0.1, 0.15) is 5.76 Å². The van der Waals surface area contributed by atoms with Crippen molar-refractivity contribution < 1.29 is 4.42 Å². The van der Waals surface area contributed by atoms with Gasteiger partial charge < -0.3 is 9.32 Å². The SMILES string of the molecule is Clc1ccc2oc(CN3CCN(c4ccccn4)CC3)cc2c1. The molecule has 0 bridgehead atoms. The lowest BCUT2D eigenvalue weighted by Gasteiger charge is -2.34. The average molecular weight is 328 g/mol. The van der Waals surface area contributed by atoms with Crippen molar-refractivity contribution in [3.63, 3.8) is 0 Å².